The lowest BCUT2D eigenvalue weighted by Gasteiger charge is -2.28. The minimum Gasteiger partial charge on any atom is -0.493 e. The molecule has 0 unspecified atom stereocenters. The molecule has 7 heteroatoms. The number of nitrogens with one attached hydrogen (secondary N) is 1. The summed E-state index contributed by atoms with van der Waals surface area (Å²) >= 11 is 0. The van der Waals surface area contributed by atoms with E-state index in [-0.39, 0.29) is 0 Å². The highest BCUT2D eigenvalue weighted by Crippen LogP contribution is 2.31. The lowest BCUT2D eigenvalue weighted by Crippen LogP contribution is -2.36. The molecule has 0 spiro atoms. The predicted molar refractivity (Wildman–Crippen MR) is 105 cm³/mol. The van der Waals surface area contributed by atoms with Gasteiger partial charge in [0.2, 0.25) is 5.95 Å². The molecule has 27 heavy (non-hydrogen) atoms. The van der Waals surface area contributed by atoms with Crippen LogP contribution in [-0.2, 0) is 4.74 Å². The van der Waals surface area contributed by atoms with Crippen molar-refractivity contribution in [2.75, 3.05) is 50.7 Å². The molecule has 0 amide bonds. The van der Waals surface area contributed by atoms with Crippen molar-refractivity contribution in [3.8, 4) is 11.5 Å². The second-order valence-electron chi connectivity index (χ2n) is 6.23. The summed E-state index contributed by atoms with van der Waals surface area (Å²) in [6.07, 6.45) is 1.77. The molecule has 1 aliphatic heterocycles. The van der Waals surface area contributed by atoms with E-state index in [1.54, 1.807) is 20.4 Å². The number of rotatable bonds is 5. The average molecular weight is 366 g/mol. The van der Waals surface area contributed by atoms with E-state index in [2.05, 4.69) is 32.3 Å². The summed E-state index contributed by atoms with van der Waals surface area (Å²) in [5.41, 5.74) is 2.92. The lowest BCUT2D eigenvalue weighted by molar-refractivity contribution is 0.122. The SMILES string of the molecule is COc1cc2cnc(Nc3ccc(N4CCOCC4)cc3)nc2cc1OC. The fraction of sp³-hybridized carbons (Fsp3) is 0.300. The van der Waals surface area contributed by atoms with Gasteiger partial charge in [-0.25, -0.2) is 9.97 Å². The molecule has 0 radical (unpaired) electrons. The van der Waals surface area contributed by atoms with E-state index in [4.69, 9.17) is 14.2 Å². The number of methoxy groups -OCH3 is 2. The Morgan fingerprint density at radius 1 is 1.00 bits per heavy atom. The first-order valence-electron chi connectivity index (χ1n) is 8.85. The fourth-order valence-corrected chi connectivity index (χ4v) is 3.12. The van der Waals surface area contributed by atoms with Crippen LogP contribution < -0.4 is 19.7 Å². The number of ether oxygens (including phenoxy) is 3. The minimum atomic E-state index is 0.536. The van der Waals surface area contributed by atoms with Gasteiger partial charge in [-0.05, 0) is 30.3 Å². The molecule has 1 N–H and O–H groups in total. The van der Waals surface area contributed by atoms with Gasteiger partial charge in [0.15, 0.2) is 11.5 Å². The van der Waals surface area contributed by atoms with Crippen molar-refractivity contribution in [2.24, 2.45) is 0 Å². The van der Waals surface area contributed by atoms with Gasteiger partial charge >= 0.3 is 0 Å². The quantitative estimate of drug-likeness (QED) is 0.743. The van der Waals surface area contributed by atoms with Crippen molar-refractivity contribution in [3.63, 3.8) is 0 Å². The molecule has 0 atom stereocenters. The first kappa shape index (κ1) is 17.4. The molecule has 0 aliphatic carbocycles. The number of anilines is 3. The Kier molecular flexibility index (Phi) is 4.93. The van der Waals surface area contributed by atoms with Crippen LogP contribution in [0.25, 0.3) is 10.9 Å². The Morgan fingerprint density at radius 2 is 1.70 bits per heavy atom. The predicted octanol–water partition coefficient (Wildman–Crippen LogP) is 3.23. The van der Waals surface area contributed by atoms with Crippen molar-refractivity contribution in [1.82, 2.24) is 9.97 Å². The van der Waals surface area contributed by atoms with Crippen LogP contribution in [0.4, 0.5) is 17.3 Å². The van der Waals surface area contributed by atoms with Crippen LogP contribution in [0.1, 0.15) is 0 Å². The third-order valence-corrected chi connectivity index (χ3v) is 4.58. The Morgan fingerprint density at radius 3 is 2.41 bits per heavy atom. The molecule has 3 aromatic rings. The molecule has 0 saturated carbocycles. The molecular formula is C20H22N4O3. The van der Waals surface area contributed by atoms with E-state index >= 15 is 0 Å². The van der Waals surface area contributed by atoms with Gasteiger partial charge in [-0.15, -0.1) is 0 Å². The van der Waals surface area contributed by atoms with Crippen LogP contribution in [0.2, 0.25) is 0 Å². The zero-order chi connectivity index (χ0) is 18.6. The van der Waals surface area contributed by atoms with Crippen LogP contribution in [0.15, 0.2) is 42.6 Å². The third-order valence-electron chi connectivity index (χ3n) is 4.58. The van der Waals surface area contributed by atoms with Gasteiger partial charge in [-0.3, -0.25) is 0 Å². The van der Waals surface area contributed by atoms with Gasteiger partial charge in [-0.1, -0.05) is 0 Å². The molecule has 140 valence electrons. The van der Waals surface area contributed by atoms with Crippen molar-refractivity contribution in [3.05, 3.63) is 42.6 Å². The number of aromatic nitrogens is 2. The maximum atomic E-state index is 5.40. The number of nitrogens with zero attached hydrogens (tertiary/aromatic N) is 3. The molecule has 7 nitrogen and oxygen atoms in total. The van der Waals surface area contributed by atoms with E-state index in [9.17, 15) is 0 Å². The molecule has 1 aromatic heterocycles. The Balaban J connectivity index is 1.54. The topological polar surface area (TPSA) is 68.7 Å². The molecular weight excluding hydrogens is 344 g/mol. The zero-order valence-electron chi connectivity index (χ0n) is 15.4. The molecule has 0 bridgehead atoms. The van der Waals surface area contributed by atoms with E-state index in [0.717, 1.165) is 42.9 Å². The van der Waals surface area contributed by atoms with Crippen LogP contribution in [0.5, 0.6) is 11.5 Å². The highest BCUT2D eigenvalue weighted by molar-refractivity contribution is 5.83. The lowest BCUT2D eigenvalue weighted by atomic mass is 10.2. The average Bonchev–Trinajstić information content (AvgIpc) is 2.74. The van der Waals surface area contributed by atoms with Gasteiger partial charge in [0, 0.05) is 42.1 Å². The smallest absolute Gasteiger partial charge is 0.227 e. The van der Waals surface area contributed by atoms with E-state index < -0.39 is 0 Å². The molecule has 1 aliphatic rings. The number of fused-ring (bicyclic) bond motifs is 1. The van der Waals surface area contributed by atoms with Crippen LogP contribution in [-0.4, -0.2) is 50.5 Å². The second kappa shape index (κ2) is 7.67. The van der Waals surface area contributed by atoms with Crippen LogP contribution in [0.3, 0.4) is 0 Å². The standard InChI is InChI=1S/C20H22N4O3/c1-25-18-11-14-13-21-20(23-17(14)12-19(18)26-2)22-15-3-5-16(6-4-15)24-7-9-27-10-8-24/h3-6,11-13H,7-10H2,1-2H3,(H,21,22,23). The normalized spacial score (nSPS) is 14.2. The van der Waals surface area contributed by atoms with Crippen molar-refractivity contribution in [1.29, 1.82) is 0 Å². The Hall–Kier alpha value is -3.06. The van der Waals surface area contributed by atoms with E-state index in [0.29, 0.717) is 17.4 Å². The largest absolute Gasteiger partial charge is 0.493 e. The van der Waals surface area contributed by atoms with E-state index in [1.165, 1.54) is 5.69 Å². The second-order valence-corrected chi connectivity index (χ2v) is 6.23. The highest BCUT2D eigenvalue weighted by atomic mass is 16.5. The van der Waals surface area contributed by atoms with Gasteiger partial charge in [0.1, 0.15) is 0 Å². The van der Waals surface area contributed by atoms with Crippen LogP contribution in [0, 0.1) is 0 Å². The van der Waals surface area contributed by atoms with Crippen LogP contribution >= 0.6 is 0 Å². The van der Waals surface area contributed by atoms with Gasteiger partial charge in [0.05, 0.1) is 33.0 Å². The first-order valence-corrected chi connectivity index (χ1v) is 8.85. The fourth-order valence-electron chi connectivity index (χ4n) is 3.12. The summed E-state index contributed by atoms with van der Waals surface area (Å²) in [7, 11) is 3.22. The summed E-state index contributed by atoms with van der Waals surface area (Å²) in [5.74, 6) is 1.84. The summed E-state index contributed by atoms with van der Waals surface area (Å²) < 4.78 is 16.1. The Bertz CT molecular complexity index is 924. The molecule has 2 heterocycles. The summed E-state index contributed by atoms with van der Waals surface area (Å²) in [6.45, 7) is 3.40. The van der Waals surface area contributed by atoms with Gasteiger partial charge in [-0.2, -0.15) is 0 Å². The van der Waals surface area contributed by atoms with Crippen molar-refractivity contribution < 1.29 is 14.2 Å². The molecule has 2 aromatic carbocycles. The van der Waals surface area contributed by atoms with Crippen molar-refractivity contribution in [2.45, 2.75) is 0 Å². The molecule has 1 saturated heterocycles. The summed E-state index contributed by atoms with van der Waals surface area (Å²) in [4.78, 5) is 11.3. The maximum Gasteiger partial charge on any atom is 0.227 e. The van der Waals surface area contributed by atoms with E-state index in [1.807, 2.05) is 24.3 Å². The monoisotopic (exact) mass is 366 g/mol. The van der Waals surface area contributed by atoms with Gasteiger partial charge in [0.25, 0.3) is 0 Å². The molecule has 1 fully saturated rings. The highest BCUT2D eigenvalue weighted by Gasteiger charge is 2.11. The first-order chi connectivity index (χ1) is 13.3. The number of hydrogen-bond acceptors (Lipinski definition) is 7. The third kappa shape index (κ3) is 3.73. The summed E-state index contributed by atoms with van der Waals surface area (Å²) in [5, 5.41) is 4.14. The van der Waals surface area contributed by atoms with Gasteiger partial charge < -0.3 is 24.4 Å². The molecule has 4 rings (SSSR count). The number of morpholine rings is 1. The summed E-state index contributed by atoms with van der Waals surface area (Å²) in [6, 6.07) is 12.0. The minimum absolute atomic E-state index is 0.536. The number of benzene rings is 2. The number of hydrogen-bond donors (Lipinski definition) is 1. The zero-order valence-corrected chi connectivity index (χ0v) is 15.4. The van der Waals surface area contributed by atoms with Crippen molar-refractivity contribution >= 4 is 28.2 Å². The maximum absolute atomic E-state index is 5.40. The Labute approximate surface area is 157 Å².